The molecule has 2 atom stereocenters. The van der Waals surface area contributed by atoms with Crippen LogP contribution in [0.5, 0.6) is 0 Å². The van der Waals surface area contributed by atoms with Crippen LogP contribution >= 0.6 is 0 Å². The van der Waals surface area contributed by atoms with Crippen molar-refractivity contribution in [3.05, 3.63) is 118 Å². The van der Waals surface area contributed by atoms with Gasteiger partial charge in [0.15, 0.2) is 11.5 Å². The summed E-state index contributed by atoms with van der Waals surface area (Å²) < 4.78 is 28.6. The first kappa shape index (κ1) is 30.3. The zero-order valence-electron chi connectivity index (χ0n) is 25.0. The van der Waals surface area contributed by atoms with Crippen LogP contribution in [0.3, 0.4) is 0 Å². The van der Waals surface area contributed by atoms with Crippen LogP contribution in [0.25, 0.3) is 22.1 Å². The van der Waals surface area contributed by atoms with Gasteiger partial charge < -0.3 is 11.1 Å². The molecule has 1 amide bonds. The lowest BCUT2D eigenvalue weighted by atomic mass is 10.0. The molecule has 13 nitrogen and oxygen atoms in total. The van der Waals surface area contributed by atoms with Crippen molar-refractivity contribution in [3.63, 3.8) is 0 Å². The monoisotopic (exact) mass is 635 g/mol. The number of anilines is 1. The van der Waals surface area contributed by atoms with E-state index in [1.165, 1.54) is 26.9 Å². The number of nitrogens with one attached hydrogen (secondary N) is 1. The molecule has 5 N–H and O–H groups in total. The van der Waals surface area contributed by atoms with Crippen LogP contribution in [0, 0.1) is 11.8 Å². The van der Waals surface area contributed by atoms with Gasteiger partial charge in [-0.15, -0.1) is 5.10 Å². The van der Waals surface area contributed by atoms with E-state index < -0.39 is 27.2 Å². The van der Waals surface area contributed by atoms with Gasteiger partial charge in [-0.2, -0.15) is 5.10 Å². The number of hydrogen-bond donors (Lipinski definition) is 3. The van der Waals surface area contributed by atoms with E-state index in [4.69, 9.17) is 10.9 Å². The summed E-state index contributed by atoms with van der Waals surface area (Å²) in [6, 6.07) is 17.2. The number of carbonyl (C=O) groups excluding carboxylic acids is 1. The van der Waals surface area contributed by atoms with E-state index >= 15 is 0 Å². The van der Waals surface area contributed by atoms with Crippen molar-refractivity contribution in [2.24, 2.45) is 12.2 Å². The Morgan fingerprint density at radius 2 is 1.76 bits per heavy atom. The number of primary sulfonamides is 1. The van der Waals surface area contributed by atoms with Gasteiger partial charge in [-0.3, -0.25) is 18.8 Å². The number of nitrogen functional groups attached to an aromatic ring is 1. The number of pyridine rings is 1. The van der Waals surface area contributed by atoms with Crippen LogP contribution in [0.4, 0.5) is 5.82 Å². The lowest BCUT2D eigenvalue weighted by Crippen LogP contribution is -2.32. The molecule has 6 aromatic rings. The standard InChI is InChI=1S/C32H29N9O4S/c1-19(37-31(42)27-29(33)38-40-16-8-15-35-30(27)40)25-17-22-10-7-9-21(26(22)32(43)41(25)24-11-5-4-6-12-24)13-14-23-18-36-39(3)28(23)20(2)46(34,44)45/h4-12,15-20H,1-3H3,(H2,33,38)(H,37,42)(H2,34,44,45)/t19-,20?/m1/s1. The summed E-state index contributed by atoms with van der Waals surface area (Å²) in [5, 5.41) is 16.6. The quantitative estimate of drug-likeness (QED) is 0.233. The second kappa shape index (κ2) is 11.6. The van der Waals surface area contributed by atoms with Crippen LogP contribution in [-0.2, 0) is 17.1 Å². The summed E-state index contributed by atoms with van der Waals surface area (Å²) in [6.45, 7) is 3.24. The lowest BCUT2D eigenvalue weighted by molar-refractivity contribution is 0.0941. The van der Waals surface area contributed by atoms with E-state index in [-0.39, 0.29) is 16.9 Å². The molecule has 4 heterocycles. The molecule has 14 heteroatoms. The second-order valence-electron chi connectivity index (χ2n) is 10.7. The van der Waals surface area contributed by atoms with Crippen LogP contribution < -0.4 is 21.7 Å². The van der Waals surface area contributed by atoms with Gasteiger partial charge in [-0.05, 0) is 49.6 Å². The molecule has 0 aliphatic rings. The number of carbonyl (C=O) groups is 1. The Balaban J connectivity index is 1.47. The molecule has 1 unspecified atom stereocenters. The first-order valence-corrected chi connectivity index (χ1v) is 15.8. The van der Waals surface area contributed by atoms with Crippen LogP contribution in [0.15, 0.2) is 84.0 Å². The molecule has 4 aromatic heterocycles. The van der Waals surface area contributed by atoms with Crippen molar-refractivity contribution in [1.82, 2.24) is 34.3 Å². The molecule has 0 saturated carbocycles. The van der Waals surface area contributed by atoms with E-state index in [0.29, 0.717) is 44.6 Å². The summed E-state index contributed by atoms with van der Waals surface area (Å²) in [6.07, 6.45) is 4.65. The van der Waals surface area contributed by atoms with E-state index in [1.807, 2.05) is 24.3 Å². The maximum Gasteiger partial charge on any atom is 0.264 e. The number of sulfonamides is 1. The van der Waals surface area contributed by atoms with Gasteiger partial charge in [0.05, 0.1) is 28.9 Å². The molecule has 0 radical (unpaired) electrons. The maximum atomic E-state index is 14.4. The summed E-state index contributed by atoms with van der Waals surface area (Å²) >= 11 is 0. The molecule has 0 fully saturated rings. The Morgan fingerprint density at radius 1 is 1.02 bits per heavy atom. The molecule has 0 bridgehead atoms. The number of fused-ring (bicyclic) bond motifs is 2. The fourth-order valence-corrected chi connectivity index (χ4v) is 6.02. The van der Waals surface area contributed by atoms with Gasteiger partial charge >= 0.3 is 0 Å². The Bertz CT molecular complexity index is 2380. The molecular weight excluding hydrogens is 606 g/mol. The highest BCUT2D eigenvalue weighted by molar-refractivity contribution is 7.89. The molecule has 6 rings (SSSR count). The molecule has 0 aliphatic heterocycles. The van der Waals surface area contributed by atoms with E-state index in [9.17, 15) is 18.0 Å². The SMILES string of the molecule is CC(c1c(C#Cc2cccc3cc([C@@H](C)NC(=O)c4c(N)nn5cccnc45)n(-c4ccccc4)c(=O)c23)cnn1C)S(N)(=O)=O. The number of amides is 1. The van der Waals surface area contributed by atoms with Crippen molar-refractivity contribution in [2.75, 3.05) is 5.73 Å². The normalized spacial score (nSPS) is 12.9. The van der Waals surface area contributed by atoms with Gasteiger partial charge in [-0.1, -0.05) is 42.2 Å². The Labute approximate surface area is 263 Å². The minimum atomic E-state index is -3.91. The van der Waals surface area contributed by atoms with Crippen LogP contribution in [0.1, 0.15) is 58.0 Å². The lowest BCUT2D eigenvalue weighted by Gasteiger charge is -2.21. The van der Waals surface area contributed by atoms with Crippen molar-refractivity contribution in [1.29, 1.82) is 0 Å². The maximum absolute atomic E-state index is 14.4. The van der Waals surface area contributed by atoms with Crippen molar-refractivity contribution >= 4 is 38.2 Å². The third-order valence-corrected chi connectivity index (χ3v) is 8.93. The third kappa shape index (κ3) is 5.38. The van der Waals surface area contributed by atoms with Crippen molar-refractivity contribution in [3.8, 4) is 17.5 Å². The molecular formula is C32H29N9O4S. The van der Waals surface area contributed by atoms with Crippen LogP contribution in [0.2, 0.25) is 0 Å². The second-order valence-corrected chi connectivity index (χ2v) is 12.6. The predicted molar refractivity (Wildman–Crippen MR) is 174 cm³/mol. The highest BCUT2D eigenvalue weighted by atomic mass is 32.2. The molecule has 0 aliphatic carbocycles. The molecule has 0 spiro atoms. The van der Waals surface area contributed by atoms with E-state index in [2.05, 4.69) is 32.3 Å². The largest absolute Gasteiger partial charge is 0.381 e. The number of aromatic nitrogens is 6. The zero-order chi connectivity index (χ0) is 32.7. The topological polar surface area (TPSA) is 185 Å². The number of nitrogens with two attached hydrogens (primary N) is 2. The molecule has 232 valence electrons. The number of nitrogens with zero attached hydrogens (tertiary/aromatic N) is 6. The van der Waals surface area contributed by atoms with Gasteiger partial charge in [0.1, 0.15) is 10.8 Å². The number of rotatable bonds is 6. The average molecular weight is 636 g/mol. The smallest absolute Gasteiger partial charge is 0.264 e. The first-order chi connectivity index (χ1) is 22.0. The highest BCUT2D eigenvalue weighted by Gasteiger charge is 2.25. The predicted octanol–water partition coefficient (Wildman–Crippen LogP) is 2.59. The average Bonchev–Trinajstić information content (AvgIpc) is 3.57. The summed E-state index contributed by atoms with van der Waals surface area (Å²) in [5.74, 6) is 5.59. The van der Waals surface area contributed by atoms with Gasteiger partial charge in [0.25, 0.3) is 11.5 Å². The summed E-state index contributed by atoms with van der Waals surface area (Å²) in [5.41, 5.74) is 8.41. The minimum Gasteiger partial charge on any atom is -0.381 e. The van der Waals surface area contributed by atoms with E-state index in [1.54, 1.807) is 62.8 Å². The van der Waals surface area contributed by atoms with Gasteiger partial charge in [-0.25, -0.2) is 23.1 Å². The first-order valence-electron chi connectivity index (χ1n) is 14.1. The van der Waals surface area contributed by atoms with Gasteiger partial charge in [0.2, 0.25) is 10.0 Å². The van der Waals surface area contributed by atoms with Crippen molar-refractivity contribution in [2.45, 2.75) is 25.1 Å². The Hall–Kier alpha value is -5.78. The third-order valence-electron chi connectivity index (χ3n) is 7.72. The molecule has 46 heavy (non-hydrogen) atoms. The number of para-hydroxylation sites is 1. The number of hydrogen-bond acceptors (Lipinski definition) is 8. The molecule has 0 saturated heterocycles. The Kier molecular flexibility index (Phi) is 7.64. The van der Waals surface area contributed by atoms with Crippen molar-refractivity contribution < 1.29 is 13.2 Å². The fourth-order valence-electron chi connectivity index (χ4n) is 5.43. The molecule has 2 aromatic carbocycles. The van der Waals surface area contributed by atoms with Crippen LogP contribution in [-0.4, -0.2) is 43.3 Å². The number of aryl methyl sites for hydroxylation is 1. The number of benzene rings is 2. The van der Waals surface area contributed by atoms with Gasteiger partial charge in [0, 0.05) is 36.4 Å². The highest BCUT2D eigenvalue weighted by Crippen LogP contribution is 2.26. The van der Waals surface area contributed by atoms with E-state index in [0.717, 1.165) is 0 Å². The zero-order valence-corrected chi connectivity index (χ0v) is 25.9. The summed E-state index contributed by atoms with van der Waals surface area (Å²) in [4.78, 5) is 32.1. The summed E-state index contributed by atoms with van der Waals surface area (Å²) in [7, 11) is -2.30. The minimum absolute atomic E-state index is 0.0285. The fraction of sp³-hybridized carbons (Fsp3) is 0.156. The Morgan fingerprint density at radius 3 is 2.50 bits per heavy atom.